The van der Waals surface area contributed by atoms with E-state index in [9.17, 15) is 19.5 Å². The van der Waals surface area contributed by atoms with Crippen molar-refractivity contribution in [2.75, 3.05) is 6.61 Å². The molecule has 4 N–H and O–H groups in total. The van der Waals surface area contributed by atoms with Crippen molar-refractivity contribution in [3.8, 4) is 0 Å². The number of amides is 3. The highest BCUT2D eigenvalue weighted by atomic mass is 16.7. The van der Waals surface area contributed by atoms with E-state index in [0.29, 0.717) is 6.61 Å². The molecule has 1 saturated carbocycles. The number of carboxylic acids is 1. The lowest BCUT2D eigenvalue weighted by Crippen LogP contribution is -2.60. The van der Waals surface area contributed by atoms with E-state index in [1.807, 2.05) is 13.8 Å². The van der Waals surface area contributed by atoms with Crippen molar-refractivity contribution in [2.45, 2.75) is 206 Å². The summed E-state index contributed by atoms with van der Waals surface area (Å²) in [5.41, 5.74) is -0.575. The third-order valence-electron chi connectivity index (χ3n) is 10.2. The predicted molar refractivity (Wildman–Crippen MR) is 189 cm³/mol. The standard InChI is InChI=1S/C38H71N3O6/c1-7-9-11-13-15-17-20-24-29(23-19-16-14-12-10-8-2)39-36(45)41-31-26-22-18-21-25-30(31)32(27-33(42)43)40-35(44)34-37(3,4)28-46-38(5,6)47-34/h29-32,34H,7-28H2,1-6H3,(H,40,44)(H,42,43)(H2,39,41,45). The number of carboxylic acid groups (broad SMARTS) is 1. The van der Waals surface area contributed by atoms with Gasteiger partial charge in [-0.05, 0) is 39.5 Å². The second kappa shape index (κ2) is 22.0. The van der Waals surface area contributed by atoms with Gasteiger partial charge in [0.25, 0.3) is 0 Å². The van der Waals surface area contributed by atoms with Crippen LogP contribution in [0, 0.1) is 11.3 Å². The molecule has 0 aromatic rings. The van der Waals surface area contributed by atoms with Crippen LogP contribution in [-0.4, -0.2) is 59.6 Å². The second-order valence-corrected chi connectivity index (χ2v) is 15.6. The van der Waals surface area contributed by atoms with Gasteiger partial charge in [-0.15, -0.1) is 0 Å². The van der Waals surface area contributed by atoms with E-state index >= 15 is 0 Å². The fraction of sp³-hybridized carbons (Fsp3) is 0.921. The molecule has 1 heterocycles. The van der Waals surface area contributed by atoms with Gasteiger partial charge >= 0.3 is 12.0 Å². The molecule has 2 rings (SSSR count). The number of nitrogens with one attached hydrogen (secondary N) is 3. The molecular weight excluding hydrogens is 594 g/mol. The van der Waals surface area contributed by atoms with Crippen molar-refractivity contribution in [2.24, 2.45) is 11.3 Å². The molecule has 47 heavy (non-hydrogen) atoms. The second-order valence-electron chi connectivity index (χ2n) is 15.6. The molecule has 3 amide bonds. The molecular formula is C38H71N3O6. The van der Waals surface area contributed by atoms with E-state index in [1.165, 1.54) is 70.6 Å². The first-order valence-electron chi connectivity index (χ1n) is 19.3. The summed E-state index contributed by atoms with van der Waals surface area (Å²) in [4.78, 5) is 39.3. The summed E-state index contributed by atoms with van der Waals surface area (Å²) in [6.07, 6.45) is 21.5. The molecule has 0 spiro atoms. The number of hydrogen-bond acceptors (Lipinski definition) is 5. The summed E-state index contributed by atoms with van der Waals surface area (Å²) in [5.74, 6) is -2.40. The molecule has 0 bridgehead atoms. The molecule has 274 valence electrons. The van der Waals surface area contributed by atoms with E-state index in [4.69, 9.17) is 9.47 Å². The highest BCUT2D eigenvalue weighted by molar-refractivity contribution is 5.83. The van der Waals surface area contributed by atoms with Gasteiger partial charge in [0.1, 0.15) is 6.10 Å². The Morgan fingerprint density at radius 2 is 1.32 bits per heavy atom. The van der Waals surface area contributed by atoms with E-state index in [0.717, 1.165) is 57.8 Å². The molecule has 2 fully saturated rings. The average Bonchev–Trinajstić information content (AvgIpc) is 3.24. The van der Waals surface area contributed by atoms with Gasteiger partial charge in [0.05, 0.1) is 13.0 Å². The molecule has 0 radical (unpaired) electrons. The number of carbonyl (C=O) groups is 3. The monoisotopic (exact) mass is 666 g/mol. The summed E-state index contributed by atoms with van der Waals surface area (Å²) in [6, 6.07) is -0.889. The maximum atomic E-state index is 13.7. The number of aliphatic carboxylic acids is 1. The van der Waals surface area contributed by atoms with Crippen LogP contribution in [0.4, 0.5) is 4.79 Å². The topological polar surface area (TPSA) is 126 Å². The Morgan fingerprint density at radius 1 is 0.766 bits per heavy atom. The third kappa shape index (κ3) is 16.4. The van der Waals surface area contributed by atoms with Gasteiger partial charge in [0, 0.05) is 29.5 Å². The molecule has 9 nitrogen and oxygen atoms in total. The Morgan fingerprint density at radius 3 is 1.89 bits per heavy atom. The highest BCUT2D eigenvalue weighted by Gasteiger charge is 2.47. The maximum absolute atomic E-state index is 13.7. The molecule has 5 unspecified atom stereocenters. The molecule has 2 aliphatic rings. The van der Waals surface area contributed by atoms with Crippen LogP contribution in [0.3, 0.4) is 0 Å². The molecule has 0 aromatic heterocycles. The first kappa shape index (κ1) is 41.3. The number of unbranched alkanes of at least 4 members (excludes halogenated alkanes) is 11. The number of urea groups is 1. The fourth-order valence-corrected chi connectivity index (χ4v) is 7.28. The summed E-state index contributed by atoms with van der Waals surface area (Å²) in [7, 11) is 0. The Kier molecular flexibility index (Phi) is 19.3. The lowest BCUT2D eigenvalue weighted by atomic mass is 9.83. The Bertz CT molecular complexity index is 910. The van der Waals surface area contributed by atoms with Crippen molar-refractivity contribution in [1.29, 1.82) is 0 Å². The number of carbonyl (C=O) groups excluding carboxylic acids is 2. The summed E-state index contributed by atoms with van der Waals surface area (Å²) in [5, 5.41) is 19.6. The van der Waals surface area contributed by atoms with Crippen molar-refractivity contribution in [3.63, 3.8) is 0 Å². The first-order valence-corrected chi connectivity index (χ1v) is 19.3. The van der Waals surface area contributed by atoms with Crippen molar-refractivity contribution < 1.29 is 29.0 Å². The van der Waals surface area contributed by atoms with Gasteiger partial charge in [-0.3, -0.25) is 9.59 Å². The lowest BCUT2D eigenvalue weighted by Gasteiger charge is -2.45. The zero-order valence-electron chi connectivity index (χ0n) is 30.9. The molecule has 1 aliphatic heterocycles. The average molecular weight is 666 g/mol. The van der Waals surface area contributed by atoms with Crippen LogP contribution in [-0.2, 0) is 19.1 Å². The van der Waals surface area contributed by atoms with Gasteiger partial charge in [-0.25, -0.2) is 4.79 Å². The van der Waals surface area contributed by atoms with Gasteiger partial charge in [0.2, 0.25) is 5.91 Å². The normalized spacial score (nSPS) is 23.7. The Labute approximate surface area is 286 Å². The van der Waals surface area contributed by atoms with Crippen LogP contribution in [0.15, 0.2) is 0 Å². The molecule has 1 aliphatic carbocycles. The van der Waals surface area contributed by atoms with E-state index < -0.39 is 29.3 Å². The zero-order valence-corrected chi connectivity index (χ0v) is 30.9. The van der Waals surface area contributed by atoms with Gasteiger partial charge in [-0.1, -0.05) is 130 Å². The minimum Gasteiger partial charge on any atom is -0.481 e. The van der Waals surface area contributed by atoms with Crippen LogP contribution >= 0.6 is 0 Å². The summed E-state index contributed by atoms with van der Waals surface area (Å²) >= 11 is 0. The molecule has 1 saturated heterocycles. The van der Waals surface area contributed by atoms with Crippen molar-refractivity contribution in [3.05, 3.63) is 0 Å². The van der Waals surface area contributed by atoms with E-state index in [-0.39, 0.29) is 36.4 Å². The van der Waals surface area contributed by atoms with E-state index in [1.54, 1.807) is 13.8 Å². The van der Waals surface area contributed by atoms with Gasteiger partial charge < -0.3 is 30.5 Å². The SMILES string of the molecule is CCCCCCCCCC(CCCCCCCC)NC(=O)NC1CCCCCC1C(CC(=O)O)NC(=O)C1OC(C)(C)OCC1(C)C. The lowest BCUT2D eigenvalue weighted by molar-refractivity contribution is -0.304. The fourth-order valence-electron chi connectivity index (χ4n) is 7.28. The summed E-state index contributed by atoms with van der Waals surface area (Å²) < 4.78 is 11.9. The number of hydrogen-bond donors (Lipinski definition) is 4. The van der Waals surface area contributed by atoms with Gasteiger partial charge in [-0.2, -0.15) is 0 Å². The van der Waals surface area contributed by atoms with Crippen LogP contribution in [0.2, 0.25) is 0 Å². The first-order chi connectivity index (χ1) is 22.4. The van der Waals surface area contributed by atoms with Gasteiger partial charge in [0.15, 0.2) is 5.79 Å². The molecule has 5 atom stereocenters. The predicted octanol–water partition coefficient (Wildman–Crippen LogP) is 8.63. The number of rotatable bonds is 22. The van der Waals surface area contributed by atoms with E-state index in [2.05, 4.69) is 29.8 Å². The Hall–Kier alpha value is -1.87. The van der Waals surface area contributed by atoms with Crippen LogP contribution in [0.1, 0.15) is 176 Å². The maximum Gasteiger partial charge on any atom is 0.315 e. The molecule has 9 heteroatoms. The minimum atomic E-state index is -0.969. The summed E-state index contributed by atoms with van der Waals surface area (Å²) in [6.45, 7) is 12.3. The van der Waals surface area contributed by atoms with Crippen LogP contribution in [0.25, 0.3) is 0 Å². The van der Waals surface area contributed by atoms with Crippen molar-refractivity contribution in [1.82, 2.24) is 16.0 Å². The van der Waals surface area contributed by atoms with Crippen LogP contribution in [0.5, 0.6) is 0 Å². The zero-order chi connectivity index (χ0) is 34.7. The minimum absolute atomic E-state index is 0.131. The third-order valence-corrected chi connectivity index (χ3v) is 10.2. The van der Waals surface area contributed by atoms with Crippen LogP contribution < -0.4 is 16.0 Å². The molecule has 0 aromatic carbocycles. The smallest absolute Gasteiger partial charge is 0.315 e. The largest absolute Gasteiger partial charge is 0.481 e. The number of ether oxygens (including phenoxy) is 2. The van der Waals surface area contributed by atoms with Crippen molar-refractivity contribution >= 4 is 17.9 Å². The Balaban J connectivity index is 2.08. The highest BCUT2D eigenvalue weighted by Crippen LogP contribution is 2.36. The quantitative estimate of drug-likeness (QED) is 0.0678.